The number of benzene rings is 2. The zero-order valence-corrected chi connectivity index (χ0v) is 18.8. The summed E-state index contributed by atoms with van der Waals surface area (Å²) in [6.07, 6.45) is 2.31. The van der Waals surface area contributed by atoms with E-state index in [1.807, 2.05) is 24.0 Å². The average Bonchev–Trinajstić information content (AvgIpc) is 2.80. The van der Waals surface area contributed by atoms with E-state index in [0.717, 1.165) is 24.1 Å². The van der Waals surface area contributed by atoms with Crippen LogP contribution in [-0.2, 0) is 17.6 Å². The molecule has 2 aliphatic heterocycles. The van der Waals surface area contributed by atoms with Crippen molar-refractivity contribution in [3.63, 3.8) is 0 Å². The molecule has 162 valence electrons. The quantitative estimate of drug-likeness (QED) is 0.748. The molecule has 2 aromatic rings. The topological polar surface area (TPSA) is 65.4 Å². The van der Waals surface area contributed by atoms with Gasteiger partial charge in [-0.1, -0.05) is 48.4 Å². The van der Waals surface area contributed by atoms with Crippen LogP contribution >= 0.6 is 11.6 Å². The first kappa shape index (κ1) is 21.5. The highest BCUT2D eigenvalue weighted by atomic mass is 35.5. The number of carbonyl (C=O) groups excluding carboxylic acids is 1. The van der Waals surface area contributed by atoms with Gasteiger partial charge in [-0.05, 0) is 55.9 Å². The molecule has 6 heteroatoms. The number of halogens is 1. The van der Waals surface area contributed by atoms with E-state index in [1.54, 1.807) is 0 Å². The Hall–Kier alpha value is -2.71. The van der Waals surface area contributed by atoms with Gasteiger partial charge in [0.1, 0.15) is 5.75 Å². The summed E-state index contributed by atoms with van der Waals surface area (Å²) in [5.41, 5.74) is 3.80. The summed E-state index contributed by atoms with van der Waals surface area (Å²) < 4.78 is 6.05. The van der Waals surface area contributed by atoms with Crippen molar-refractivity contribution in [3.05, 3.63) is 58.1 Å². The number of rotatable bonds is 4. The van der Waals surface area contributed by atoms with Gasteiger partial charge in [0.05, 0.1) is 23.7 Å². The number of piperidine rings is 1. The summed E-state index contributed by atoms with van der Waals surface area (Å²) in [6.45, 7) is 5.67. The fraction of sp³-hybridized carbons (Fsp3) is 0.440. The average molecular weight is 438 g/mol. The van der Waals surface area contributed by atoms with Crippen LogP contribution in [0.4, 0.5) is 5.69 Å². The Morgan fingerprint density at radius 1 is 1.29 bits per heavy atom. The lowest BCUT2D eigenvalue weighted by atomic mass is 9.75. The molecular weight excluding hydrogens is 410 g/mol. The number of aryl methyl sites for hydroxylation is 2. The number of nitriles is 1. The molecule has 2 aliphatic rings. The molecule has 1 amide bonds. The van der Waals surface area contributed by atoms with Gasteiger partial charge in [-0.15, -0.1) is 0 Å². The first-order chi connectivity index (χ1) is 14.9. The zero-order chi connectivity index (χ0) is 22.0. The largest absolute Gasteiger partial charge is 0.477 e. The summed E-state index contributed by atoms with van der Waals surface area (Å²) >= 11 is 6.29. The molecule has 1 unspecified atom stereocenters. The van der Waals surface area contributed by atoms with Crippen LogP contribution < -0.4 is 10.1 Å². The molecule has 0 aliphatic carbocycles. The van der Waals surface area contributed by atoms with Crippen LogP contribution in [0.2, 0.25) is 5.02 Å². The molecular formula is C25H28ClN3O2. The molecule has 1 atom stereocenters. The van der Waals surface area contributed by atoms with E-state index in [1.165, 1.54) is 11.1 Å². The minimum atomic E-state index is -0.565. The van der Waals surface area contributed by atoms with E-state index in [9.17, 15) is 10.1 Å². The second-order valence-electron chi connectivity index (χ2n) is 8.66. The Balaban J connectivity index is 1.40. The monoisotopic (exact) mass is 437 g/mol. The van der Waals surface area contributed by atoms with Gasteiger partial charge < -0.3 is 15.0 Å². The minimum absolute atomic E-state index is 0.0203. The van der Waals surface area contributed by atoms with Crippen LogP contribution in [0, 0.1) is 23.7 Å². The maximum Gasteiger partial charge on any atom is 0.265 e. The normalized spacial score (nSPS) is 19.5. The molecule has 2 aromatic carbocycles. The number of amides is 1. The molecule has 5 nitrogen and oxygen atoms in total. The van der Waals surface area contributed by atoms with Crippen LogP contribution in [0.5, 0.6) is 5.75 Å². The second-order valence-corrected chi connectivity index (χ2v) is 9.07. The van der Waals surface area contributed by atoms with Gasteiger partial charge in [-0.25, -0.2) is 0 Å². The number of nitrogens with one attached hydrogen (secondary N) is 1. The molecule has 0 bridgehead atoms. The third-order valence-corrected chi connectivity index (χ3v) is 6.84. The Morgan fingerprint density at radius 2 is 2.00 bits per heavy atom. The Bertz CT molecular complexity index is 1000. The Morgan fingerprint density at radius 3 is 2.65 bits per heavy atom. The van der Waals surface area contributed by atoms with E-state index in [2.05, 4.69) is 42.6 Å². The van der Waals surface area contributed by atoms with Crippen molar-refractivity contribution in [1.29, 1.82) is 5.26 Å². The SMILES string of the molecule is CCc1cc2c(cc1Cl)NCC(C(=O)N1CCC(C#N)(Cc3ccc(C)cc3)CC1)O2. The third-order valence-electron chi connectivity index (χ3n) is 6.48. The fourth-order valence-electron chi connectivity index (χ4n) is 4.42. The number of ether oxygens (including phenoxy) is 1. The standard InChI is InChI=1S/C25H28ClN3O2/c1-3-19-12-22-21(13-20(19)26)28-15-23(31-22)24(30)29-10-8-25(16-27,9-11-29)14-18-6-4-17(2)5-7-18/h4-7,12-13,23,28H,3,8-11,14-15H2,1-2H3. The second kappa shape index (κ2) is 8.80. The van der Waals surface area contributed by atoms with Gasteiger partial charge >= 0.3 is 0 Å². The molecule has 4 rings (SSSR count). The van der Waals surface area contributed by atoms with Gasteiger partial charge in [0.15, 0.2) is 6.10 Å². The van der Waals surface area contributed by atoms with Gasteiger partial charge in [0.25, 0.3) is 5.91 Å². The van der Waals surface area contributed by atoms with Crippen LogP contribution in [0.1, 0.15) is 36.5 Å². The van der Waals surface area contributed by atoms with Crippen molar-refractivity contribution in [3.8, 4) is 11.8 Å². The zero-order valence-electron chi connectivity index (χ0n) is 18.1. The van der Waals surface area contributed by atoms with E-state index in [0.29, 0.717) is 43.2 Å². The summed E-state index contributed by atoms with van der Waals surface area (Å²) in [4.78, 5) is 15.0. The highest BCUT2D eigenvalue weighted by Gasteiger charge is 2.39. The van der Waals surface area contributed by atoms with E-state index in [4.69, 9.17) is 16.3 Å². The van der Waals surface area contributed by atoms with E-state index < -0.39 is 11.5 Å². The highest BCUT2D eigenvalue weighted by molar-refractivity contribution is 6.31. The van der Waals surface area contributed by atoms with Crippen molar-refractivity contribution in [2.45, 2.75) is 45.6 Å². The van der Waals surface area contributed by atoms with Crippen LogP contribution in [0.25, 0.3) is 0 Å². The lowest BCUT2D eigenvalue weighted by molar-refractivity contribution is -0.140. The van der Waals surface area contributed by atoms with Gasteiger partial charge in [0, 0.05) is 18.1 Å². The molecule has 0 aromatic heterocycles. The summed E-state index contributed by atoms with van der Waals surface area (Å²) in [7, 11) is 0. The van der Waals surface area contributed by atoms with Gasteiger partial charge in [-0.3, -0.25) is 4.79 Å². The molecule has 1 saturated heterocycles. The smallest absolute Gasteiger partial charge is 0.265 e. The number of hydrogen-bond acceptors (Lipinski definition) is 4. The molecule has 1 fully saturated rings. The van der Waals surface area contributed by atoms with Crippen LogP contribution in [0.3, 0.4) is 0 Å². The first-order valence-electron chi connectivity index (χ1n) is 10.9. The number of anilines is 1. The van der Waals surface area contributed by atoms with Crippen LogP contribution in [0.15, 0.2) is 36.4 Å². The molecule has 0 saturated carbocycles. The molecule has 0 spiro atoms. The predicted molar refractivity (Wildman–Crippen MR) is 122 cm³/mol. The maximum absolute atomic E-state index is 13.1. The van der Waals surface area contributed by atoms with Crippen LogP contribution in [-0.4, -0.2) is 36.5 Å². The van der Waals surface area contributed by atoms with Crippen molar-refractivity contribution < 1.29 is 9.53 Å². The number of fused-ring (bicyclic) bond motifs is 1. The lowest BCUT2D eigenvalue weighted by Crippen LogP contribution is -2.51. The molecule has 2 heterocycles. The van der Waals surface area contributed by atoms with Gasteiger partial charge in [-0.2, -0.15) is 5.26 Å². The predicted octanol–water partition coefficient (Wildman–Crippen LogP) is 4.76. The van der Waals surface area contributed by atoms with Crippen molar-refractivity contribution in [2.24, 2.45) is 5.41 Å². The van der Waals surface area contributed by atoms with E-state index in [-0.39, 0.29) is 5.91 Å². The number of hydrogen-bond donors (Lipinski definition) is 1. The number of likely N-dealkylation sites (tertiary alicyclic amines) is 1. The van der Waals surface area contributed by atoms with Crippen molar-refractivity contribution >= 4 is 23.2 Å². The molecule has 31 heavy (non-hydrogen) atoms. The minimum Gasteiger partial charge on any atom is -0.477 e. The van der Waals surface area contributed by atoms with E-state index >= 15 is 0 Å². The molecule has 1 N–H and O–H groups in total. The summed E-state index contributed by atoms with van der Waals surface area (Å²) in [6, 6.07) is 14.7. The highest BCUT2D eigenvalue weighted by Crippen LogP contribution is 2.37. The number of carbonyl (C=O) groups is 1. The summed E-state index contributed by atoms with van der Waals surface area (Å²) in [5, 5.41) is 13.9. The lowest BCUT2D eigenvalue weighted by Gasteiger charge is -2.39. The third kappa shape index (κ3) is 4.50. The Labute approximate surface area is 189 Å². The fourth-order valence-corrected chi connectivity index (χ4v) is 4.72. The Kier molecular flexibility index (Phi) is 6.11. The number of nitrogens with zero attached hydrogens (tertiary/aromatic N) is 2. The van der Waals surface area contributed by atoms with Gasteiger partial charge in [0.2, 0.25) is 0 Å². The molecule has 0 radical (unpaired) electrons. The summed E-state index contributed by atoms with van der Waals surface area (Å²) in [5.74, 6) is 0.654. The van der Waals surface area contributed by atoms with Crippen molar-refractivity contribution in [2.75, 3.05) is 25.0 Å². The maximum atomic E-state index is 13.1. The first-order valence-corrected chi connectivity index (χ1v) is 11.3. The van der Waals surface area contributed by atoms with Crippen molar-refractivity contribution in [1.82, 2.24) is 4.90 Å².